The molecular weight excluding hydrogens is 170 g/mol. The first-order valence-corrected chi connectivity index (χ1v) is 3.82. The van der Waals surface area contributed by atoms with Crippen LogP contribution in [0.4, 0.5) is 0 Å². The molecular formula is C8H9N3O2. The average molecular weight is 179 g/mol. The topological polar surface area (TPSA) is 78.8 Å². The van der Waals surface area contributed by atoms with Gasteiger partial charge in [0, 0.05) is 5.69 Å². The van der Waals surface area contributed by atoms with E-state index in [4.69, 9.17) is 10.00 Å². The van der Waals surface area contributed by atoms with Crippen molar-refractivity contribution in [3.63, 3.8) is 0 Å². The molecule has 0 atom stereocenters. The monoisotopic (exact) mass is 179 g/mol. The fraction of sp³-hybridized carbons (Fsp3) is 0.375. The van der Waals surface area contributed by atoms with Crippen molar-refractivity contribution in [2.75, 3.05) is 6.61 Å². The molecule has 0 saturated carbocycles. The molecule has 0 saturated heterocycles. The van der Waals surface area contributed by atoms with Crippen molar-refractivity contribution < 1.29 is 4.74 Å². The normalized spacial score (nSPS) is 9.31. The number of nitrogens with zero attached hydrogens (tertiary/aromatic N) is 2. The van der Waals surface area contributed by atoms with Crippen LogP contribution in [-0.4, -0.2) is 16.6 Å². The molecule has 5 heteroatoms. The molecule has 0 amide bonds. The molecule has 0 aliphatic heterocycles. The molecule has 0 radical (unpaired) electrons. The Hall–Kier alpha value is -1.83. The van der Waals surface area contributed by atoms with E-state index in [2.05, 4.69) is 9.97 Å². The predicted octanol–water partition coefficient (Wildman–Crippen LogP) is 0.349. The van der Waals surface area contributed by atoms with Gasteiger partial charge in [0.25, 0.3) is 0 Å². The van der Waals surface area contributed by atoms with E-state index in [-0.39, 0.29) is 11.4 Å². The van der Waals surface area contributed by atoms with Gasteiger partial charge in [0.1, 0.15) is 11.6 Å². The minimum Gasteiger partial charge on any atom is -0.477 e. The van der Waals surface area contributed by atoms with Crippen molar-refractivity contribution in [2.24, 2.45) is 0 Å². The minimum absolute atomic E-state index is 0.103. The van der Waals surface area contributed by atoms with E-state index in [1.54, 1.807) is 13.8 Å². The molecule has 13 heavy (non-hydrogen) atoms. The zero-order valence-corrected chi connectivity index (χ0v) is 7.42. The SMILES string of the molecule is CCOc1nc(=O)[nH]c(C)c1C#N. The summed E-state index contributed by atoms with van der Waals surface area (Å²) in [6.07, 6.45) is 0. The number of aromatic nitrogens is 2. The van der Waals surface area contributed by atoms with Gasteiger partial charge in [0.05, 0.1) is 6.61 Å². The molecule has 0 spiro atoms. The van der Waals surface area contributed by atoms with Crippen LogP contribution in [0.1, 0.15) is 18.2 Å². The molecule has 0 aromatic carbocycles. The number of nitrogens with one attached hydrogen (secondary N) is 1. The summed E-state index contributed by atoms with van der Waals surface area (Å²) >= 11 is 0. The Labute approximate surface area is 75.0 Å². The summed E-state index contributed by atoms with van der Waals surface area (Å²) < 4.78 is 5.04. The Morgan fingerprint density at radius 2 is 2.38 bits per heavy atom. The molecule has 1 N–H and O–H groups in total. The molecule has 68 valence electrons. The molecule has 1 aromatic rings. The third-order valence-corrected chi connectivity index (χ3v) is 1.48. The Morgan fingerprint density at radius 1 is 1.69 bits per heavy atom. The number of hydrogen-bond acceptors (Lipinski definition) is 4. The van der Waals surface area contributed by atoms with Crippen LogP contribution in [0.5, 0.6) is 5.88 Å². The van der Waals surface area contributed by atoms with Gasteiger partial charge in [0.15, 0.2) is 0 Å². The lowest BCUT2D eigenvalue weighted by atomic mass is 10.2. The van der Waals surface area contributed by atoms with Gasteiger partial charge in [-0.15, -0.1) is 0 Å². The van der Waals surface area contributed by atoms with Gasteiger partial charge in [0.2, 0.25) is 5.88 Å². The number of rotatable bonds is 2. The zero-order valence-electron chi connectivity index (χ0n) is 7.42. The smallest absolute Gasteiger partial charge is 0.348 e. The molecule has 1 rings (SSSR count). The Balaban J connectivity index is 3.31. The second-order valence-electron chi connectivity index (χ2n) is 2.39. The first-order valence-electron chi connectivity index (χ1n) is 3.82. The summed E-state index contributed by atoms with van der Waals surface area (Å²) in [4.78, 5) is 16.9. The second kappa shape index (κ2) is 3.72. The molecule has 0 aliphatic carbocycles. The summed E-state index contributed by atoms with van der Waals surface area (Å²) in [5, 5.41) is 8.72. The number of aryl methyl sites for hydroxylation is 1. The highest BCUT2D eigenvalue weighted by molar-refractivity contribution is 5.40. The molecule has 0 unspecified atom stereocenters. The lowest BCUT2D eigenvalue weighted by molar-refractivity contribution is 0.323. The van der Waals surface area contributed by atoms with Crippen LogP contribution in [0.25, 0.3) is 0 Å². The molecule has 0 aliphatic rings. The van der Waals surface area contributed by atoms with Crippen molar-refractivity contribution in [1.82, 2.24) is 9.97 Å². The van der Waals surface area contributed by atoms with Crippen LogP contribution in [0.2, 0.25) is 0 Å². The summed E-state index contributed by atoms with van der Waals surface area (Å²) in [6.45, 7) is 3.77. The number of hydrogen-bond donors (Lipinski definition) is 1. The average Bonchev–Trinajstić information content (AvgIpc) is 2.04. The van der Waals surface area contributed by atoms with Gasteiger partial charge in [-0.25, -0.2) is 4.79 Å². The standard InChI is InChI=1S/C8H9N3O2/c1-3-13-7-6(4-9)5(2)10-8(12)11-7/h3H2,1-2H3,(H,10,11,12). The van der Waals surface area contributed by atoms with Gasteiger partial charge in [-0.05, 0) is 13.8 Å². The van der Waals surface area contributed by atoms with E-state index < -0.39 is 5.69 Å². The van der Waals surface area contributed by atoms with Gasteiger partial charge in [-0.2, -0.15) is 10.2 Å². The lowest BCUT2D eigenvalue weighted by Gasteiger charge is -2.04. The van der Waals surface area contributed by atoms with Crippen LogP contribution in [-0.2, 0) is 0 Å². The van der Waals surface area contributed by atoms with E-state index in [9.17, 15) is 4.79 Å². The Morgan fingerprint density at radius 3 is 2.92 bits per heavy atom. The van der Waals surface area contributed by atoms with Gasteiger partial charge in [-0.3, -0.25) is 0 Å². The quantitative estimate of drug-likeness (QED) is 0.710. The Bertz CT molecular complexity index is 403. The number of nitriles is 1. The van der Waals surface area contributed by atoms with E-state index in [0.717, 1.165) is 0 Å². The van der Waals surface area contributed by atoms with Crippen LogP contribution >= 0.6 is 0 Å². The first-order chi connectivity index (χ1) is 6.19. The molecule has 0 bridgehead atoms. The fourth-order valence-electron chi connectivity index (χ4n) is 0.932. The summed E-state index contributed by atoms with van der Waals surface area (Å²) in [5.41, 5.74) is 0.257. The predicted molar refractivity (Wildman–Crippen MR) is 45.5 cm³/mol. The largest absolute Gasteiger partial charge is 0.477 e. The summed E-state index contributed by atoms with van der Waals surface area (Å²) in [6, 6.07) is 1.92. The van der Waals surface area contributed by atoms with Crippen molar-refractivity contribution in [3.8, 4) is 11.9 Å². The second-order valence-corrected chi connectivity index (χ2v) is 2.39. The number of aromatic amines is 1. The van der Waals surface area contributed by atoms with Gasteiger partial charge < -0.3 is 9.72 Å². The number of ether oxygens (including phenoxy) is 1. The lowest BCUT2D eigenvalue weighted by Crippen LogP contribution is -2.15. The molecule has 0 fully saturated rings. The van der Waals surface area contributed by atoms with Crippen molar-refractivity contribution in [3.05, 3.63) is 21.7 Å². The maximum atomic E-state index is 10.9. The zero-order chi connectivity index (χ0) is 9.84. The molecule has 5 nitrogen and oxygen atoms in total. The molecule has 1 heterocycles. The summed E-state index contributed by atoms with van der Waals surface area (Å²) in [7, 11) is 0. The fourth-order valence-corrected chi connectivity index (χ4v) is 0.932. The van der Waals surface area contributed by atoms with Crippen LogP contribution in [0.15, 0.2) is 4.79 Å². The highest BCUT2D eigenvalue weighted by atomic mass is 16.5. The minimum atomic E-state index is -0.500. The Kier molecular flexibility index (Phi) is 2.65. The van der Waals surface area contributed by atoms with E-state index in [0.29, 0.717) is 12.3 Å². The van der Waals surface area contributed by atoms with Gasteiger partial charge >= 0.3 is 5.69 Å². The number of H-pyrrole nitrogens is 1. The van der Waals surface area contributed by atoms with Crippen molar-refractivity contribution >= 4 is 0 Å². The van der Waals surface area contributed by atoms with E-state index in [1.807, 2.05) is 6.07 Å². The van der Waals surface area contributed by atoms with Crippen LogP contribution < -0.4 is 10.4 Å². The van der Waals surface area contributed by atoms with Crippen LogP contribution in [0.3, 0.4) is 0 Å². The third kappa shape index (κ3) is 1.85. The highest BCUT2D eigenvalue weighted by Gasteiger charge is 2.09. The van der Waals surface area contributed by atoms with Gasteiger partial charge in [-0.1, -0.05) is 0 Å². The van der Waals surface area contributed by atoms with E-state index >= 15 is 0 Å². The van der Waals surface area contributed by atoms with E-state index in [1.165, 1.54) is 0 Å². The maximum Gasteiger partial charge on any atom is 0.348 e. The van der Waals surface area contributed by atoms with Crippen molar-refractivity contribution in [2.45, 2.75) is 13.8 Å². The molecule has 1 aromatic heterocycles. The third-order valence-electron chi connectivity index (χ3n) is 1.48. The summed E-state index contributed by atoms with van der Waals surface area (Å²) in [5.74, 6) is 0.103. The highest BCUT2D eigenvalue weighted by Crippen LogP contribution is 2.13. The van der Waals surface area contributed by atoms with Crippen LogP contribution in [0, 0.1) is 18.3 Å². The van der Waals surface area contributed by atoms with Crippen molar-refractivity contribution in [1.29, 1.82) is 5.26 Å². The maximum absolute atomic E-state index is 10.9. The first kappa shape index (κ1) is 9.26.